The zero-order valence-corrected chi connectivity index (χ0v) is 9.89. The Morgan fingerprint density at radius 1 is 0.917 bits per heavy atom. The van der Waals surface area contributed by atoms with E-state index in [0.29, 0.717) is 0 Å². The van der Waals surface area contributed by atoms with Crippen LogP contribution in [0.2, 0.25) is 0 Å². The van der Waals surface area contributed by atoms with Crippen LogP contribution in [0.3, 0.4) is 0 Å². The SMILES string of the molecule is O.O=S(=O)([O-])O.O=S(=O)([O-])[O-].[Ce+3]. The first-order valence-corrected chi connectivity index (χ1v) is 4.05. The van der Waals surface area contributed by atoms with Gasteiger partial charge in [0.1, 0.15) is 0 Å². The van der Waals surface area contributed by atoms with E-state index in [1.807, 2.05) is 0 Å². The maximum absolute atomic E-state index is 8.63. The Morgan fingerprint density at radius 2 is 0.917 bits per heavy atom. The molecule has 0 aliphatic carbocycles. The molecule has 12 heteroatoms. The van der Waals surface area contributed by atoms with Crippen molar-refractivity contribution in [1.82, 2.24) is 0 Å². The van der Waals surface area contributed by atoms with Crippen LogP contribution in [0.25, 0.3) is 0 Å². The fourth-order valence-corrected chi connectivity index (χ4v) is 0. The van der Waals surface area contributed by atoms with Crippen LogP contribution < -0.4 is 0 Å². The number of hydrogen-bond donors (Lipinski definition) is 1. The van der Waals surface area contributed by atoms with E-state index < -0.39 is 20.8 Å². The molecule has 0 bridgehead atoms. The predicted octanol–water partition coefficient (Wildman–Crippen LogP) is -3.16. The van der Waals surface area contributed by atoms with E-state index in [4.69, 9.17) is 35.0 Å². The normalized spacial score (nSPS) is 9.67. The number of rotatable bonds is 0. The molecule has 73 valence electrons. The van der Waals surface area contributed by atoms with Crippen molar-refractivity contribution in [1.29, 1.82) is 0 Å². The summed E-state index contributed by atoms with van der Waals surface area (Å²) in [5.41, 5.74) is 0. The molecule has 1 radical (unpaired) electrons. The smallest absolute Gasteiger partial charge is 0.759 e. The molecule has 0 aliphatic heterocycles. The molecule has 0 aliphatic rings. The molecule has 3 N–H and O–H groups in total. The van der Waals surface area contributed by atoms with Crippen molar-refractivity contribution in [2.75, 3.05) is 0 Å². The van der Waals surface area contributed by atoms with Crippen LogP contribution in [0.4, 0.5) is 0 Å². The van der Waals surface area contributed by atoms with Crippen molar-refractivity contribution in [3.8, 4) is 0 Å². The van der Waals surface area contributed by atoms with Gasteiger partial charge in [0.25, 0.3) is 0 Å². The van der Waals surface area contributed by atoms with Crippen LogP contribution in [0.5, 0.6) is 0 Å². The Hall–Kier alpha value is 1.08. The van der Waals surface area contributed by atoms with Crippen LogP contribution in [0.1, 0.15) is 0 Å². The van der Waals surface area contributed by atoms with Crippen molar-refractivity contribution in [2.24, 2.45) is 0 Å². The van der Waals surface area contributed by atoms with E-state index in [-0.39, 0.29) is 47.2 Å². The van der Waals surface area contributed by atoms with Gasteiger partial charge in [-0.05, 0) is 0 Å². The maximum Gasteiger partial charge on any atom is 3.00 e. The first-order valence-electron chi connectivity index (χ1n) is 1.35. The fourth-order valence-electron chi connectivity index (χ4n) is 0. The molecule has 0 rings (SSSR count). The van der Waals surface area contributed by atoms with Gasteiger partial charge in [-0.3, -0.25) is 13.0 Å². The van der Waals surface area contributed by atoms with Gasteiger partial charge in [-0.25, -0.2) is 8.42 Å². The fraction of sp³-hybridized carbons (Fsp3) is 0. The third kappa shape index (κ3) is 970. The van der Waals surface area contributed by atoms with E-state index in [2.05, 4.69) is 0 Å². The van der Waals surface area contributed by atoms with Crippen molar-refractivity contribution in [3.05, 3.63) is 0 Å². The average Bonchev–Trinajstić information content (AvgIpc) is 1.12. The minimum Gasteiger partial charge on any atom is -0.759 e. The maximum atomic E-state index is 8.63. The molecule has 0 aromatic carbocycles. The quantitative estimate of drug-likeness (QED) is 0.349. The van der Waals surface area contributed by atoms with Gasteiger partial charge in [0.15, 0.2) is 0 Å². The summed E-state index contributed by atoms with van der Waals surface area (Å²) in [6.45, 7) is 0. The Kier molecular flexibility index (Phi) is 16.7. The van der Waals surface area contributed by atoms with Crippen molar-refractivity contribution < 1.29 is 82.3 Å². The third-order valence-corrected chi connectivity index (χ3v) is 0. The molecular formula is H3CeO9S2. The Bertz CT molecular complexity index is 209. The van der Waals surface area contributed by atoms with E-state index in [1.165, 1.54) is 0 Å². The average molecular weight is 351 g/mol. The zero-order chi connectivity index (χ0) is 9.00. The van der Waals surface area contributed by atoms with Crippen LogP contribution >= 0.6 is 0 Å². The van der Waals surface area contributed by atoms with E-state index >= 15 is 0 Å². The standard InChI is InChI=1S/Ce.2H2O4S.H2O/c;2*1-5(2,3)4;/h;2*(H2,1,2,3,4);1H2/q+3;;;/p-3. The van der Waals surface area contributed by atoms with Crippen molar-refractivity contribution in [3.63, 3.8) is 0 Å². The van der Waals surface area contributed by atoms with E-state index in [0.717, 1.165) is 0 Å². The Morgan fingerprint density at radius 3 is 0.917 bits per heavy atom. The van der Waals surface area contributed by atoms with Crippen LogP contribution in [-0.2, 0) is 20.8 Å². The summed E-state index contributed by atoms with van der Waals surface area (Å²) in [7, 11) is -10.1. The molecule has 0 heterocycles. The third-order valence-electron chi connectivity index (χ3n) is 0. The summed E-state index contributed by atoms with van der Waals surface area (Å²) in [6, 6.07) is 0. The van der Waals surface area contributed by atoms with Gasteiger partial charge in [0.05, 0.1) is 0 Å². The van der Waals surface area contributed by atoms with Crippen LogP contribution in [0.15, 0.2) is 0 Å². The molecule has 0 saturated heterocycles. The second kappa shape index (κ2) is 8.67. The Balaban J connectivity index is -0.0000000457. The summed E-state index contributed by atoms with van der Waals surface area (Å²) in [5.74, 6) is 0. The topological polar surface area (TPSA) is 189 Å². The summed E-state index contributed by atoms with van der Waals surface area (Å²) in [5, 5.41) is 0. The molecular weight excluding hydrogens is 348 g/mol. The monoisotopic (exact) mass is 351 g/mol. The predicted molar refractivity (Wildman–Crippen MR) is 26.4 cm³/mol. The first kappa shape index (κ1) is 23.1. The number of hydrogen-bond acceptors (Lipinski definition) is 7. The molecule has 0 spiro atoms. The first-order chi connectivity index (χ1) is 4.00. The van der Waals surface area contributed by atoms with E-state index in [1.54, 1.807) is 0 Å². The molecule has 0 fully saturated rings. The summed E-state index contributed by atoms with van der Waals surface area (Å²) in [6.07, 6.45) is 0. The van der Waals surface area contributed by atoms with Gasteiger partial charge in [-0.2, -0.15) is 0 Å². The van der Waals surface area contributed by atoms with E-state index in [9.17, 15) is 0 Å². The minimum atomic E-state index is -5.17. The molecule has 0 atom stereocenters. The van der Waals surface area contributed by atoms with Gasteiger partial charge in [-0.15, -0.1) is 0 Å². The van der Waals surface area contributed by atoms with Crippen molar-refractivity contribution in [2.45, 2.75) is 0 Å². The van der Waals surface area contributed by atoms with Gasteiger partial charge < -0.3 is 19.1 Å². The second-order valence-electron chi connectivity index (χ2n) is 0.836. The van der Waals surface area contributed by atoms with Crippen molar-refractivity contribution >= 4 is 20.8 Å². The van der Waals surface area contributed by atoms with Gasteiger partial charge in [-0.1, -0.05) is 0 Å². The summed E-state index contributed by atoms with van der Waals surface area (Å²) < 4.78 is 66.9. The summed E-state index contributed by atoms with van der Waals surface area (Å²) >= 11 is 0. The largest absolute Gasteiger partial charge is 3.00 e. The molecule has 12 heavy (non-hydrogen) atoms. The molecule has 9 nitrogen and oxygen atoms in total. The molecule has 0 saturated carbocycles. The Labute approximate surface area is 102 Å². The molecule has 0 unspecified atom stereocenters. The zero-order valence-electron chi connectivity index (χ0n) is 5.12. The van der Waals surface area contributed by atoms with Crippen LogP contribution in [0, 0.1) is 41.7 Å². The molecule has 0 amide bonds. The van der Waals surface area contributed by atoms with Crippen LogP contribution in [-0.4, -0.2) is 40.5 Å². The minimum absolute atomic E-state index is 0. The molecule has 0 aromatic heterocycles. The molecule has 0 aromatic rings. The van der Waals surface area contributed by atoms with Gasteiger partial charge in [0.2, 0.25) is 10.4 Å². The summed E-state index contributed by atoms with van der Waals surface area (Å²) in [4.78, 5) is 0. The van der Waals surface area contributed by atoms with Gasteiger partial charge in [0, 0.05) is 10.4 Å². The van der Waals surface area contributed by atoms with Gasteiger partial charge >= 0.3 is 41.7 Å². The second-order valence-corrected chi connectivity index (χ2v) is 2.51.